The summed E-state index contributed by atoms with van der Waals surface area (Å²) in [5.41, 5.74) is 7.59. The summed E-state index contributed by atoms with van der Waals surface area (Å²) in [4.78, 5) is 25.3. The lowest BCUT2D eigenvalue weighted by Crippen LogP contribution is -2.33. The monoisotopic (exact) mass is 415 g/mol. The summed E-state index contributed by atoms with van der Waals surface area (Å²) in [6.07, 6.45) is 8.23. The van der Waals surface area contributed by atoms with Crippen molar-refractivity contribution in [2.24, 2.45) is 0 Å². The molecule has 0 aliphatic carbocycles. The minimum Gasteiger partial charge on any atom is -0.323 e. The van der Waals surface area contributed by atoms with Crippen molar-refractivity contribution in [3.63, 3.8) is 0 Å². The Bertz CT molecular complexity index is 1340. The zero-order valence-electron chi connectivity index (χ0n) is 18.7. The lowest BCUT2D eigenvalue weighted by molar-refractivity contribution is 0.220. The largest absolute Gasteiger partial charge is 0.323 e. The van der Waals surface area contributed by atoms with Crippen molar-refractivity contribution in [1.82, 2.24) is 23.7 Å². The lowest BCUT2D eigenvalue weighted by Gasteiger charge is -2.30. The maximum Gasteiger partial charge on any atom is 0.258 e. The molecule has 1 saturated heterocycles. The standard InChI is InChI=1S/C25H29N5O/c1-5-28-8-6-19(7-9-28)22-15-30-24(31)12-21(27-25(30)18(4)26-22)20-11-23-17(3)10-16(2)13-29(23)14-20/h10-15,19H,5-9H2,1-4H3. The fourth-order valence-electron chi connectivity index (χ4n) is 4.88. The molecule has 0 unspecified atom stereocenters. The van der Waals surface area contributed by atoms with Crippen LogP contribution in [0.3, 0.4) is 0 Å². The molecule has 5 heterocycles. The van der Waals surface area contributed by atoms with Gasteiger partial charge in [-0.1, -0.05) is 13.0 Å². The zero-order chi connectivity index (χ0) is 21.7. The van der Waals surface area contributed by atoms with Crippen molar-refractivity contribution in [3.05, 3.63) is 69.7 Å². The SMILES string of the molecule is CCN1CCC(c2cn3c(=O)cc(-c4cc5c(C)cc(C)cn5c4)nc3c(C)n2)CC1. The van der Waals surface area contributed by atoms with Crippen LogP contribution >= 0.6 is 0 Å². The number of hydrogen-bond acceptors (Lipinski definition) is 4. The van der Waals surface area contributed by atoms with Crippen LogP contribution in [0.5, 0.6) is 0 Å². The number of fused-ring (bicyclic) bond motifs is 2. The van der Waals surface area contributed by atoms with Gasteiger partial charge in [0.05, 0.1) is 17.1 Å². The third-order valence-corrected chi connectivity index (χ3v) is 6.62. The van der Waals surface area contributed by atoms with E-state index in [1.165, 1.54) is 11.1 Å². The Kier molecular flexibility index (Phi) is 4.89. The van der Waals surface area contributed by atoms with Crippen molar-refractivity contribution >= 4 is 11.2 Å². The molecule has 0 amide bonds. The number of pyridine rings is 1. The predicted molar refractivity (Wildman–Crippen MR) is 124 cm³/mol. The zero-order valence-corrected chi connectivity index (χ0v) is 18.7. The summed E-state index contributed by atoms with van der Waals surface area (Å²) < 4.78 is 3.79. The van der Waals surface area contributed by atoms with E-state index in [1.54, 1.807) is 10.5 Å². The molecule has 0 radical (unpaired) electrons. The van der Waals surface area contributed by atoms with Gasteiger partial charge < -0.3 is 9.30 Å². The van der Waals surface area contributed by atoms with Gasteiger partial charge in [-0.15, -0.1) is 0 Å². The minimum absolute atomic E-state index is 0.0547. The molecule has 1 fully saturated rings. The van der Waals surface area contributed by atoms with Gasteiger partial charge in [-0.2, -0.15) is 0 Å². The van der Waals surface area contributed by atoms with Gasteiger partial charge in [0.2, 0.25) is 0 Å². The molecule has 0 aromatic carbocycles. The average Bonchev–Trinajstić information content (AvgIpc) is 3.18. The smallest absolute Gasteiger partial charge is 0.258 e. The summed E-state index contributed by atoms with van der Waals surface area (Å²) in [5, 5.41) is 0. The summed E-state index contributed by atoms with van der Waals surface area (Å²) in [5.74, 6) is 0.403. The highest BCUT2D eigenvalue weighted by atomic mass is 16.1. The van der Waals surface area contributed by atoms with Crippen LogP contribution in [0.4, 0.5) is 0 Å². The maximum absolute atomic E-state index is 13.1. The van der Waals surface area contributed by atoms with Crippen molar-refractivity contribution in [1.29, 1.82) is 0 Å². The fourth-order valence-corrected chi connectivity index (χ4v) is 4.88. The van der Waals surface area contributed by atoms with Crippen molar-refractivity contribution in [2.45, 2.75) is 46.5 Å². The van der Waals surface area contributed by atoms with Crippen LogP contribution in [0.2, 0.25) is 0 Å². The van der Waals surface area contributed by atoms with Gasteiger partial charge in [0.1, 0.15) is 0 Å². The van der Waals surface area contributed by atoms with Gasteiger partial charge >= 0.3 is 0 Å². The number of nitrogens with zero attached hydrogens (tertiary/aromatic N) is 5. The number of aromatic nitrogens is 4. The van der Waals surface area contributed by atoms with E-state index in [2.05, 4.69) is 48.4 Å². The molecule has 5 rings (SSSR count). The molecule has 0 N–H and O–H groups in total. The Morgan fingerprint density at radius 2 is 1.77 bits per heavy atom. The molecular weight excluding hydrogens is 386 g/mol. The quantitative estimate of drug-likeness (QED) is 0.505. The van der Waals surface area contributed by atoms with Gasteiger partial charge in [0.15, 0.2) is 5.65 Å². The Balaban J connectivity index is 1.56. The van der Waals surface area contributed by atoms with E-state index in [1.807, 2.05) is 19.3 Å². The summed E-state index contributed by atoms with van der Waals surface area (Å²) in [6, 6.07) is 5.92. The average molecular weight is 416 g/mol. The first-order chi connectivity index (χ1) is 14.9. The number of hydrogen-bond donors (Lipinski definition) is 0. The molecule has 4 aromatic heterocycles. The normalized spacial score (nSPS) is 15.9. The topological polar surface area (TPSA) is 54.9 Å². The van der Waals surface area contributed by atoms with E-state index in [0.29, 0.717) is 17.3 Å². The molecule has 160 valence electrons. The third kappa shape index (κ3) is 3.55. The molecule has 0 spiro atoms. The summed E-state index contributed by atoms with van der Waals surface area (Å²) >= 11 is 0. The van der Waals surface area contributed by atoms with E-state index < -0.39 is 0 Å². The highest BCUT2D eigenvalue weighted by molar-refractivity contribution is 5.71. The number of likely N-dealkylation sites (tertiary alicyclic amines) is 1. The van der Waals surface area contributed by atoms with Crippen LogP contribution in [0, 0.1) is 20.8 Å². The first-order valence-corrected chi connectivity index (χ1v) is 11.2. The van der Waals surface area contributed by atoms with E-state index >= 15 is 0 Å². The van der Waals surface area contributed by atoms with Crippen LogP contribution in [-0.4, -0.2) is 43.3 Å². The van der Waals surface area contributed by atoms with E-state index in [0.717, 1.165) is 54.9 Å². The van der Waals surface area contributed by atoms with Crippen molar-refractivity contribution in [2.75, 3.05) is 19.6 Å². The van der Waals surface area contributed by atoms with Gasteiger partial charge in [0.25, 0.3) is 5.56 Å². The van der Waals surface area contributed by atoms with E-state index in [4.69, 9.17) is 9.97 Å². The van der Waals surface area contributed by atoms with Gasteiger partial charge in [0, 0.05) is 41.7 Å². The Morgan fingerprint density at radius 3 is 2.52 bits per heavy atom. The first kappa shape index (κ1) is 19.9. The molecule has 6 nitrogen and oxygen atoms in total. The Hall–Kier alpha value is -2.99. The first-order valence-electron chi connectivity index (χ1n) is 11.2. The molecule has 4 aromatic rings. The Labute approximate surface area is 182 Å². The van der Waals surface area contributed by atoms with Crippen LogP contribution in [0.15, 0.2) is 41.6 Å². The molecule has 1 aliphatic rings. The molecule has 0 atom stereocenters. The van der Waals surface area contributed by atoms with Crippen molar-refractivity contribution in [3.8, 4) is 11.3 Å². The fraction of sp³-hybridized carbons (Fsp3) is 0.400. The molecule has 0 saturated carbocycles. The molecule has 1 aliphatic heterocycles. The van der Waals surface area contributed by atoms with E-state index in [9.17, 15) is 4.79 Å². The molecule has 6 heteroatoms. The van der Waals surface area contributed by atoms with E-state index in [-0.39, 0.29) is 5.56 Å². The maximum atomic E-state index is 13.1. The third-order valence-electron chi connectivity index (χ3n) is 6.62. The summed E-state index contributed by atoms with van der Waals surface area (Å²) in [7, 11) is 0. The number of piperidine rings is 1. The van der Waals surface area contributed by atoms with Crippen LogP contribution in [0.1, 0.15) is 48.2 Å². The van der Waals surface area contributed by atoms with Crippen molar-refractivity contribution < 1.29 is 0 Å². The predicted octanol–water partition coefficient (Wildman–Crippen LogP) is 4.13. The molecular formula is C25H29N5O. The van der Waals surface area contributed by atoms with Crippen LogP contribution in [0.25, 0.3) is 22.4 Å². The highest BCUT2D eigenvalue weighted by Crippen LogP contribution is 2.28. The lowest BCUT2D eigenvalue weighted by atomic mass is 9.93. The highest BCUT2D eigenvalue weighted by Gasteiger charge is 2.22. The van der Waals surface area contributed by atoms with Crippen LogP contribution < -0.4 is 5.56 Å². The van der Waals surface area contributed by atoms with Gasteiger partial charge in [-0.25, -0.2) is 4.98 Å². The van der Waals surface area contributed by atoms with Crippen LogP contribution in [-0.2, 0) is 0 Å². The second kappa shape index (κ2) is 7.61. The number of rotatable bonds is 3. The Morgan fingerprint density at radius 1 is 1.00 bits per heavy atom. The second-order valence-corrected chi connectivity index (χ2v) is 8.85. The minimum atomic E-state index is -0.0547. The molecule has 31 heavy (non-hydrogen) atoms. The second-order valence-electron chi connectivity index (χ2n) is 8.85. The summed E-state index contributed by atoms with van der Waals surface area (Å²) in [6.45, 7) is 11.6. The molecule has 0 bridgehead atoms. The van der Waals surface area contributed by atoms with Gasteiger partial charge in [-0.3, -0.25) is 14.2 Å². The number of aryl methyl sites for hydroxylation is 3. The van der Waals surface area contributed by atoms with Gasteiger partial charge in [-0.05, 0) is 70.4 Å².